The van der Waals surface area contributed by atoms with Crippen LogP contribution < -0.4 is 0 Å². The van der Waals surface area contributed by atoms with E-state index in [0.29, 0.717) is 5.56 Å². The fraction of sp³-hybridized carbons (Fsp3) is 0.429. The quantitative estimate of drug-likeness (QED) is 0.697. The highest BCUT2D eigenvalue weighted by Gasteiger charge is 2.27. The maximum absolute atomic E-state index is 12.9. The number of carbonyl (C=O) groups excluding carboxylic acids is 1. The van der Waals surface area contributed by atoms with Crippen molar-refractivity contribution in [3.63, 3.8) is 0 Å². The summed E-state index contributed by atoms with van der Waals surface area (Å²) in [6.07, 6.45) is 5.59. The van der Waals surface area contributed by atoms with Gasteiger partial charge in [-0.05, 0) is 43.2 Å². The van der Waals surface area contributed by atoms with E-state index in [1.807, 2.05) is 24.4 Å². The number of pyridine rings is 1. The molecule has 0 radical (unpaired) electrons. The van der Waals surface area contributed by atoms with Gasteiger partial charge >= 0.3 is 0 Å². The van der Waals surface area contributed by atoms with Gasteiger partial charge in [0, 0.05) is 62.9 Å². The van der Waals surface area contributed by atoms with Crippen LogP contribution in [0, 0.1) is 0 Å². The molecule has 1 aliphatic rings. The summed E-state index contributed by atoms with van der Waals surface area (Å²) in [7, 11) is -1.71. The number of hydrogen-bond acceptors (Lipinski definition) is 5. The Morgan fingerprint density at radius 1 is 1.24 bits per heavy atom. The predicted octanol–water partition coefficient (Wildman–Crippen LogP) is 2.92. The topological polar surface area (TPSA) is 70.6 Å². The summed E-state index contributed by atoms with van der Waals surface area (Å²) in [5, 5.41) is 0.132. The number of sulfone groups is 1. The second-order valence-electron chi connectivity index (χ2n) is 7.48. The third-order valence-corrected chi connectivity index (χ3v) is 6.99. The number of piperidine rings is 1. The number of amides is 1. The smallest absolute Gasteiger partial charge is 0.253 e. The van der Waals surface area contributed by atoms with Gasteiger partial charge in [0.2, 0.25) is 0 Å². The summed E-state index contributed by atoms with van der Waals surface area (Å²) in [6, 6.07) is 10.5. The predicted molar refractivity (Wildman–Crippen MR) is 114 cm³/mol. The molecule has 2 heterocycles. The highest BCUT2D eigenvalue weighted by molar-refractivity contribution is 7.90. The lowest BCUT2D eigenvalue weighted by atomic mass is 10.0. The van der Waals surface area contributed by atoms with Gasteiger partial charge < -0.3 is 9.80 Å². The average Bonchev–Trinajstić information content (AvgIpc) is 2.72. The average molecular weight is 436 g/mol. The van der Waals surface area contributed by atoms with Crippen LogP contribution in [-0.2, 0) is 16.3 Å². The Morgan fingerprint density at radius 3 is 2.59 bits per heavy atom. The molecule has 1 aliphatic heterocycles. The normalized spacial score (nSPS) is 16.0. The van der Waals surface area contributed by atoms with Gasteiger partial charge in [0.25, 0.3) is 5.91 Å². The lowest BCUT2D eigenvalue weighted by Crippen LogP contribution is -2.46. The molecule has 0 spiro atoms. The molecule has 0 atom stereocenters. The van der Waals surface area contributed by atoms with Crippen LogP contribution in [0.15, 0.2) is 47.5 Å². The minimum Gasteiger partial charge on any atom is -0.339 e. The van der Waals surface area contributed by atoms with E-state index in [-0.39, 0.29) is 21.9 Å². The number of hydrogen-bond donors (Lipinski definition) is 0. The largest absolute Gasteiger partial charge is 0.339 e. The number of benzene rings is 1. The highest BCUT2D eigenvalue weighted by atomic mass is 35.5. The minimum atomic E-state index is -3.49. The zero-order valence-electron chi connectivity index (χ0n) is 16.7. The molecule has 0 N–H and O–H groups in total. The molecular formula is C21H26ClN3O3S. The summed E-state index contributed by atoms with van der Waals surface area (Å²) in [5.41, 5.74) is 1.43. The van der Waals surface area contributed by atoms with Crippen molar-refractivity contribution in [2.45, 2.75) is 30.2 Å². The van der Waals surface area contributed by atoms with Gasteiger partial charge in [0.05, 0.1) is 9.92 Å². The van der Waals surface area contributed by atoms with Crippen LogP contribution in [0.25, 0.3) is 0 Å². The first-order chi connectivity index (χ1) is 13.8. The van der Waals surface area contributed by atoms with Crippen molar-refractivity contribution in [3.8, 4) is 0 Å². The fourth-order valence-electron chi connectivity index (χ4n) is 3.64. The molecule has 29 heavy (non-hydrogen) atoms. The zero-order chi connectivity index (χ0) is 21.0. The van der Waals surface area contributed by atoms with E-state index in [0.717, 1.165) is 50.8 Å². The van der Waals surface area contributed by atoms with E-state index < -0.39 is 9.84 Å². The van der Waals surface area contributed by atoms with Crippen LogP contribution in [-0.4, -0.2) is 68.1 Å². The van der Waals surface area contributed by atoms with Crippen molar-refractivity contribution >= 4 is 27.3 Å². The second-order valence-corrected chi connectivity index (χ2v) is 9.87. The maximum Gasteiger partial charge on any atom is 0.253 e. The summed E-state index contributed by atoms with van der Waals surface area (Å²) in [5.74, 6) is -0.182. The van der Waals surface area contributed by atoms with Crippen LogP contribution in [0.4, 0.5) is 0 Å². The molecule has 6 nitrogen and oxygen atoms in total. The Labute approximate surface area is 177 Å². The first-order valence-electron chi connectivity index (χ1n) is 9.65. The maximum atomic E-state index is 12.9. The Kier molecular flexibility index (Phi) is 6.93. The molecule has 0 unspecified atom stereocenters. The monoisotopic (exact) mass is 435 g/mol. The molecular weight excluding hydrogens is 410 g/mol. The van der Waals surface area contributed by atoms with Gasteiger partial charge in [-0.15, -0.1) is 0 Å². The van der Waals surface area contributed by atoms with Gasteiger partial charge in [0.15, 0.2) is 9.84 Å². The Balaban J connectivity index is 1.58. The summed E-state index contributed by atoms with van der Waals surface area (Å²) >= 11 is 5.99. The van der Waals surface area contributed by atoms with Gasteiger partial charge in [-0.25, -0.2) is 8.42 Å². The SMILES string of the molecule is CN(C(=O)c1ccc(Cl)c(S(C)(=O)=O)c1)C1CCN(CCc2ccccn2)CC1. The third kappa shape index (κ3) is 5.56. The van der Waals surface area contributed by atoms with Crippen molar-refractivity contribution in [3.05, 3.63) is 58.9 Å². The Bertz CT molecular complexity index is 958. The molecule has 1 saturated heterocycles. The Hall–Kier alpha value is -1.96. The van der Waals surface area contributed by atoms with Gasteiger partial charge in [-0.1, -0.05) is 17.7 Å². The van der Waals surface area contributed by atoms with E-state index >= 15 is 0 Å². The van der Waals surface area contributed by atoms with Gasteiger partial charge in [-0.3, -0.25) is 9.78 Å². The molecule has 1 aromatic carbocycles. The summed E-state index contributed by atoms with van der Waals surface area (Å²) in [6.45, 7) is 2.80. The van der Waals surface area contributed by atoms with Crippen LogP contribution >= 0.6 is 11.6 Å². The number of nitrogens with zero attached hydrogens (tertiary/aromatic N) is 3. The summed E-state index contributed by atoms with van der Waals surface area (Å²) in [4.78, 5) is 21.4. The molecule has 0 bridgehead atoms. The Morgan fingerprint density at radius 2 is 1.97 bits per heavy atom. The fourth-order valence-corrected chi connectivity index (χ4v) is 4.94. The third-order valence-electron chi connectivity index (χ3n) is 5.41. The van der Waals surface area contributed by atoms with Crippen LogP contribution in [0.1, 0.15) is 28.9 Å². The molecule has 8 heteroatoms. The lowest BCUT2D eigenvalue weighted by Gasteiger charge is -2.36. The van der Waals surface area contributed by atoms with Gasteiger partial charge in [0.1, 0.15) is 0 Å². The standard InChI is InChI=1S/C21H26ClN3O3S/c1-24(21(26)16-6-7-19(22)20(15-16)29(2,27)28)18-9-13-25(14-10-18)12-8-17-5-3-4-11-23-17/h3-7,11,15,18H,8-10,12-14H2,1-2H3. The molecule has 2 aromatic rings. The molecule has 0 aliphatic carbocycles. The summed E-state index contributed by atoms with van der Waals surface area (Å²) < 4.78 is 23.8. The molecule has 0 saturated carbocycles. The molecule has 1 fully saturated rings. The lowest BCUT2D eigenvalue weighted by molar-refractivity contribution is 0.0643. The van der Waals surface area contributed by atoms with Crippen LogP contribution in [0.2, 0.25) is 5.02 Å². The first kappa shape index (κ1) is 21.7. The van der Waals surface area contributed by atoms with E-state index in [1.165, 1.54) is 12.1 Å². The number of halogens is 1. The number of likely N-dealkylation sites (tertiary alicyclic amines) is 1. The van der Waals surface area contributed by atoms with Crippen molar-refractivity contribution in [1.29, 1.82) is 0 Å². The number of carbonyl (C=O) groups is 1. The molecule has 3 rings (SSSR count). The van der Waals surface area contributed by atoms with E-state index in [1.54, 1.807) is 18.0 Å². The van der Waals surface area contributed by atoms with E-state index in [9.17, 15) is 13.2 Å². The molecule has 1 aromatic heterocycles. The van der Waals surface area contributed by atoms with Crippen LogP contribution in [0.5, 0.6) is 0 Å². The van der Waals surface area contributed by atoms with Gasteiger partial charge in [-0.2, -0.15) is 0 Å². The molecule has 1 amide bonds. The minimum absolute atomic E-state index is 0.0113. The van der Waals surface area contributed by atoms with Crippen molar-refractivity contribution < 1.29 is 13.2 Å². The molecule has 156 valence electrons. The van der Waals surface area contributed by atoms with Crippen molar-refractivity contribution in [2.75, 3.05) is 32.9 Å². The second kappa shape index (κ2) is 9.24. The van der Waals surface area contributed by atoms with E-state index in [4.69, 9.17) is 11.6 Å². The number of aromatic nitrogens is 1. The highest BCUT2D eigenvalue weighted by Crippen LogP contribution is 2.24. The zero-order valence-corrected chi connectivity index (χ0v) is 18.3. The number of rotatable bonds is 6. The van der Waals surface area contributed by atoms with Crippen molar-refractivity contribution in [2.24, 2.45) is 0 Å². The van der Waals surface area contributed by atoms with Crippen molar-refractivity contribution in [1.82, 2.24) is 14.8 Å². The van der Waals surface area contributed by atoms with E-state index in [2.05, 4.69) is 9.88 Å². The first-order valence-corrected chi connectivity index (χ1v) is 11.9. The van der Waals surface area contributed by atoms with Crippen LogP contribution in [0.3, 0.4) is 0 Å².